The summed E-state index contributed by atoms with van der Waals surface area (Å²) in [4.78, 5) is 75.4. The maximum atomic E-state index is 14.0. The largest absolute Gasteiger partial charge is 0.444 e. The number of halogens is 2. The number of carbonyl (C=O) groups excluding carboxylic acids is 5. The zero-order valence-electron chi connectivity index (χ0n) is 36.3. The van der Waals surface area contributed by atoms with E-state index in [0.717, 1.165) is 36.6 Å². The van der Waals surface area contributed by atoms with Crippen LogP contribution in [0.25, 0.3) is 17.1 Å². The molecule has 2 aromatic carbocycles. The third-order valence-electron chi connectivity index (χ3n) is 11.9. The van der Waals surface area contributed by atoms with Crippen molar-refractivity contribution in [3.8, 4) is 17.1 Å². The number of nitrogens with one attached hydrogen (secondary N) is 5. The van der Waals surface area contributed by atoms with Crippen molar-refractivity contribution < 1.29 is 46.6 Å². The number of likely N-dealkylation sites (tertiary alicyclic amines) is 1. The van der Waals surface area contributed by atoms with E-state index in [0.29, 0.717) is 68.2 Å². The fourth-order valence-corrected chi connectivity index (χ4v) is 8.06. The number of aromatic nitrogens is 4. The van der Waals surface area contributed by atoms with Gasteiger partial charge in [0.05, 0.1) is 61.2 Å². The second-order valence-corrected chi connectivity index (χ2v) is 16.8. The highest BCUT2D eigenvalue weighted by atomic mass is 19.3. The van der Waals surface area contributed by atoms with E-state index in [-0.39, 0.29) is 47.3 Å². The summed E-state index contributed by atoms with van der Waals surface area (Å²) in [6.07, 6.45) is 3.75. The van der Waals surface area contributed by atoms with Crippen LogP contribution in [0.3, 0.4) is 0 Å². The molecule has 9 rings (SSSR count). The van der Waals surface area contributed by atoms with Crippen LogP contribution in [0.15, 0.2) is 77.7 Å². The molecule has 5 amide bonds. The van der Waals surface area contributed by atoms with Crippen molar-refractivity contribution in [2.75, 3.05) is 75.1 Å². The Balaban J connectivity index is 0.643. The number of amides is 5. The van der Waals surface area contributed by atoms with E-state index in [1.165, 1.54) is 30.0 Å². The summed E-state index contributed by atoms with van der Waals surface area (Å²) in [5.74, 6) is -1.34. The van der Waals surface area contributed by atoms with Crippen molar-refractivity contribution in [3.63, 3.8) is 0 Å². The monoisotopic (exact) mass is 921 g/mol. The van der Waals surface area contributed by atoms with E-state index in [4.69, 9.17) is 13.9 Å². The van der Waals surface area contributed by atoms with Crippen molar-refractivity contribution in [3.05, 3.63) is 101 Å². The normalized spacial score (nSPS) is 17.5. The molecular formula is C46H49F2N11O8. The number of alkyl halides is 2. The Kier molecular flexibility index (Phi) is 13.7. The molecule has 2 saturated heterocycles. The third-order valence-corrected chi connectivity index (χ3v) is 11.9. The lowest BCUT2D eigenvalue weighted by Gasteiger charge is -2.40. The Morgan fingerprint density at radius 3 is 2.52 bits per heavy atom. The molecule has 350 valence electrons. The molecule has 1 aliphatic carbocycles. The first-order valence-electron chi connectivity index (χ1n) is 22.2. The number of nitrogens with zero attached hydrogens (tertiary/aromatic N) is 6. The predicted octanol–water partition coefficient (Wildman–Crippen LogP) is 4.25. The number of fused-ring (bicyclic) bond motifs is 1. The number of rotatable bonds is 22. The molecule has 6 heterocycles. The smallest absolute Gasteiger partial charge is 0.284 e. The lowest BCUT2D eigenvalue weighted by atomic mass is 10.0. The van der Waals surface area contributed by atoms with Crippen LogP contribution in [0.4, 0.5) is 26.0 Å². The molecule has 19 nitrogen and oxygen atoms in total. The van der Waals surface area contributed by atoms with Crippen LogP contribution >= 0.6 is 0 Å². The number of benzene rings is 2. The number of pyridine rings is 1. The summed E-state index contributed by atoms with van der Waals surface area (Å²) >= 11 is 0. The zero-order valence-corrected chi connectivity index (χ0v) is 36.3. The number of hydrogen-bond acceptors (Lipinski definition) is 15. The quantitative estimate of drug-likeness (QED) is 0.0483. The lowest BCUT2D eigenvalue weighted by Crippen LogP contribution is -2.55. The molecular weight excluding hydrogens is 873 g/mol. The molecule has 1 atom stereocenters. The summed E-state index contributed by atoms with van der Waals surface area (Å²) in [6.45, 7) is 6.00. The van der Waals surface area contributed by atoms with Gasteiger partial charge in [-0.25, -0.2) is 23.4 Å². The second kappa shape index (κ2) is 20.3. The molecule has 4 aliphatic rings. The van der Waals surface area contributed by atoms with E-state index < -0.39 is 47.7 Å². The number of carbonyl (C=O) groups is 5. The Morgan fingerprint density at radius 2 is 1.75 bits per heavy atom. The molecule has 5 N–H and O–H groups in total. The molecule has 3 aromatic heterocycles. The Bertz CT molecular complexity index is 2630. The summed E-state index contributed by atoms with van der Waals surface area (Å²) in [6, 6.07) is 14.8. The highest BCUT2D eigenvalue weighted by Crippen LogP contribution is 2.34. The Hall–Kier alpha value is -6.94. The number of oxazole rings is 1. The van der Waals surface area contributed by atoms with Gasteiger partial charge in [-0.15, -0.1) is 0 Å². The Labute approximate surface area is 383 Å². The van der Waals surface area contributed by atoms with Crippen LogP contribution in [0.5, 0.6) is 0 Å². The fraction of sp³-hybridized carbons (Fsp3) is 0.391. The van der Waals surface area contributed by atoms with Crippen LogP contribution in [0, 0.1) is 5.92 Å². The highest BCUT2D eigenvalue weighted by Gasteiger charge is 2.46. The van der Waals surface area contributed by atoms with Gasteiger partial charge >= 0.3 is 0 Å². The maximum Gasteiger partial charge on any atom is 0.284 e. The van der Waals surface area contributed by atoms with Crippen LogP contribution in [0.1, 0.15) is 74.6 Å². The van der Waals surface area contributed by atoms with Gasteiger partial charge in [0.1, 0.15) is 18.1 Å². The summed E-state index contributed by atoms with van der Waals surface area (Å²) in [7, 11) is 0. The van der Waals surface area contributed by atoms with Gasteiger partial charge in [0, 0.05) is 63.1 Å². The van der Waals surface area contributed by atoms with Gasteiger partial charge in [0.2, 0.25) is 17.7 Å². The molecule has 1 saturated carbocycles. The highest BCUT2D eigenvalue weighted by molar-refractivity contribution is 6.25. The third kappa shape index (κ3) is 10.7. The van der Waals surface area contributed by atoms with E-state index in [1.807, 2.05) is 12.1 Å². The molecule has 21 heteroatoms. The molecule has 0 spiro atoms. The molecule has 5 aromatic rings. The summed E-state index contributed by atoms with van der Waals surface area (Å²) < 4.78 is 46.4. The van der Waals surface area contributed by atoms with Gasteiger partial charge in [-0.1, -0.05) is 18.2 Å². The number of anilines is 3. The van der Waals surface area contributed by atoms with Gasteiger partial charge in [0.15, 0.2) is 11.4 Å². The minimum absolute atomic E-state index is 0.0615. The molecule has 3 fully saturated rings. The number of hydrogen-bond donors (Lipinski definition) is 5. The van der Waals surface area contributed by atoms with Crippen molar-refractivity contribution in [1.29, 1.82) is 0 Å². The first-order valence-corrected chi connectivity index (χ1v) is 22.2. The molecule has 0 radical (unpaired) electrons. The van der Waals surface area contributed by atoms with E-state index in [1.54, 1.807) is 48.7 Å². The van der Waals surface area contributed by atoms with Gasteiger partial charge < -0.3 is 35.2 Å². The number of ether oxygens (including phenoxy) is 2. The van der Waals surface area contributed by atoms with Crippen LogP contribution in [0.2, 0.25) is 0 Å². The molecule has 0 bridgehead atoms. The van der Waals surface area contributed by atoms with Gasteiger partial charge in [-0.3, -0.25) is 39.1 Å². The maximum absolute atomic E-state index is 14.0. The summed E-state index contributed by atoms with van der Waals surface area (Å²) in [5.41, 5.74) is 2.33. The van der Waals surface area contributed by atoms with Crippen molar-refractivity contribution in [2.24, 2.45) is 5.92 Å². The van der Waals surface area contributed by atoms with E-state index >= 15 is 0 Å². The lowest BCUT2D eigenvalue weighted by molar-refractivity contribution is -0.136. The fourth-order valence-electron chi connectivity index (χ4n) is 8.06. The van der Waals surface area contributed by atoms with Gasteiger partial charge in [0.25, 0.3) is 24.1 Å². The predicted molar refractivity (Wildman–Crippen MR) is 238 cm³/mol. The van der Waals surface area contributed by atoms with E-state index in [9.17, 15) is 32.8 Å². The summed E-state index contributed by atoms with van der Waals surface area (Å²) in [5, 5.41) is 18.7. The van der Waals surface area contributed by atoms with E-state index in [2.05, 4.69) is 46.6 Å². The zero-order chi connectivity index (χ0) is 46.4. The standard InChI is InChI=1S/C46H49F2N11O8/c47-41(48)40-34(53-42(61)35-26-67-44(54-35)29-12-13-50-37(20-29)51-22-28-4-5-28)25-58(56-40)31-8-6-27(7-9-31)21-49-14-16-65-18-19-66-17-15-57-23-30(24-57)52-33-3-1-2-32-39(33)46(64)59(45(32)63)36-10-11-38(60)55-43(36)62/h1-3,6-9,12-13,20,25-26,28,30,36,41,49,52H,4-5,10-11,14-19,21-24H2,(H,50,51)(H,53,61)(H,55,60,62). The molecule has 1 unspecified atom stereocenters. The average molecular weight is 922 g/mol. The first kappa shape index (κ1) is 45.2. The number of imide groups is 2. The minimum Gasteiger partial charge on any atom is -0.444 e. The van der Waals surface area contributed by atoms with Gasteiger partial charge in [-0.05, 0) is 67.1 Å². The van der Waals surface area contributed by atoms with Crippen LogP contribution in [-0.4, -0.2) is 130 Å². The van der Waals surface area contributed by atoms with Crippen molar-refractivity contribution in [1.82, 2.24) is 40.2 Å². The molecule has 67 heavy (non-hydrogen) atoms. The average Bonchev–Trinajstić information content (AvgIpc) is 3.71. The van der Waals surface area contributed by atoms with Gasteiger partial charge in [-0.2, -0.15) is 5.10 Å². The number of piperidine rings is 1. The molecule has 3 aliphatic heterocycles. The second-order valence-electron chi connectivity index (χ2n) is 16.8. The van der Waals surface area contributed by atoms with Crippen LogP contribution in [-0.2, 0) is 25.6 Å². The topological polar surface area (TPSA) is 227 Å². The Morgan fingerprint density at radius 1 is 0.940 bits per heavy atom. The van der Waals surface area contributed by atoms with Crippen LogP contribution < -0.4 is 26.6 Å². The van der Waals surface area contributed by atoms with Crippen molar-refractivity contribution in [2.45, 2.75) is 50.7 Å². The minimum atomic E-state index is -2.94. The van der Waals surface area contributed by atoms with Crippen molar-refractivity contribution >= 4 is 46.7 Å². The first-order chi connectivity index (χ1) is 32.6. The SMILES string of the molecule is O=C1CCC(N2C(=O)c3cccc(NC4CN(CCOCCOCCNCc5ccc(-n6cc(NC(=O)c7coc(-c8ccnc(NCC9CC9)c8)n7)c(C(F)F)n6)cc5)C4)c3C2=O)C(=O)N1.